The maximum atomic E-state index is 9.22. The zero-order valence-electron chi connectivity index (χ0n) is 9.97. The van der Waals surface area contributed by atoms with Crippen LogP contribution in [-0.4, -0.2) is 23.3 Å². The second-order valence-corrected chi connectivity index (χ2v) is 5.71. The van der Waals surface area contributed by atoms with E-state index in [-0.39, 0.29) is 5.54 Å². The Labute approximate surface area is 93.5 Å². The Morgan fingerprint density at radius 3 is 2.53 bits per heavy atom. The lowest BCUT2D eigenvalue weighted by atomic mass is 9.98. The van der Waals surface area contributed by atoms with Gasteiger partial charge < -0.3 is 10.4 Å². The van der Waals surface area contributed by atoms with Crippen molar-refractivity contribution in [2.45, 2.75) is 69.9 Å². The van der Waals surface area contributed by atoms with Gasteiger partial charge in [-0.2, -0.15) is 0 Å². The monoisotopic (exact) mass is 211 g/mol. The van der Waals surface area contributed by atoms with Crippen LogP contribution in [0.3, 0.4) is 0 Å². The summed E-state index contributed by atoms with van der Waals surface area (Å²) in [5, 5.41) is 12.8. The molecule has 2 fully saturated rings. The molecule has 0 aromatic carbocycles. The first kappa shape index (κ1) is 11.4. The summed E-state index contributed by atoms with van der Waals surface area (Å²) in [6.45, 7) is 2.59. The van der Waals surface area contributed by atoms with Gasteiger partial charge in [0.1, 0.15) is 0 Å². The van der Waals surface area contributed by atoms with Gasteiger partial charge >= 0.3 is 0 Å². The van der Waals surface area contributed by atoms with Crippen LogP contribution in [0.25, 0.3) is 0 Å². The van der Waals surface area contributed by atoms with Crippen molar-refractivity contribution in [2.24, 2.45) is 5.92 Å². The molecule has 2 rings (SSSR count). The predicted octanol–water partition coefficient (Wildman–Crippen LogP) is 2.46. The Balaban J connectivity index is 1.61. The predicted molar refractivity (Wildman–Crippen MR) is 62.8 cm³/mol. The van der Waals surface area contributed by atoms with Gasteiger partial charge in [-0.1, -0.05) is 25.7 Å². The van der Waals surface area contributed by atoms with E-state index < -0.39 is 0 Å². The van der Waals surface area contributed by atoms with Gasteiger partial charge in [0.2, 0.25) is 0 Å². The average Bonchev–Trinajstić information content (AvgIpc) is 2.80. The minimum absolute atomic E-state index is 0.120. The zero-order valence-corrected chi connectivity index (χ0v) is 9.97. The second kappa shape index (κ2) is 4.84. The van der Waals surface area contributed by atoms with Crippen molar-refractivity contribution in [1.82, 2.24) is 5.32 Å². The molecule has 2 heteroatoms. The molecular formula is C13H25NO. The minimum atomic E-state index is 0.120. The minimum Gasteiger partial charge on any atom is -0.394 e. The summed E-state index contributed by atoms with van der Waals surface area (Å²) in [7, 11) is 0. The summed E-state index contributed by atoms with van der Waals surface area (Å²) in [4.78, 5) is 0. The van der Waals surface area contributed by atoms with E-state index in [1.165, 1.54) is 38.5 Å². The van der Waals surface area contributed by atoms with Crippen molar-refractivity contribution in [2.75, 3.05) is 6.61 Å². The van der Waals surface area contributed by atoms with E-state index in [2.05, 4.69) is 12.2 Å². The van der Waals surface area contributed by atoms with Crippen LogP contribution in [-0.2, 0) is 0 Å². The van der Waals surface area contributed by atoms with Crippen LogP contribution in [0.15, 0.2) is 0 Å². The average molecular weight is 211 g/mol. The van der Waals surface area contributed by atoms with E-state index in [1.54, 1.807) is 0 Å². The van der Waals surface area contributed by atoms with Crippen LogP contribution >= 0.6 is 0 Å². The van der Waals surface area contributed by atoms with Gasteiger partial charge in [0.25, 0.3) is 0 Å². The van der Waals surface area contributed by atoms with E-state index in [0.29, 0.717) is 12.6 Å². The molecule has 0 heterocycles. The molecule has 2 N–H and O–H groups in total. The summed E-state index contributed by atoms with van der Waals surface area (Å²) in [6.07, 6.45) is 10.8. The fraction of sp³-hybridized carbons (Fsp3) is 1.00. The van der Waals surface area contributed by atoms with E-state index >= 15 is 0 Å². The molecule has 1 unspecified atom stereocenters. The van der Waals surface area contributed by atoms with Crippen LogP contribution in [0, 0.1) is 5.92 Å². The van der Waals surface area contributed by atoms with E-state index in [4.69, 9.17) is 0 Å². The summed E-state index contributed by atoms with van der Waals surface area (Å²) >= 11 is 0. The Bertz CT molecular complexity index is 195. The SMILES string of the molecule is CC(CCC1CCCC1)NC1(CO)CC1. The van der Waals surface area contributed by atoms with Gasteiger partial charge in [0.15, 0.2) is 0 Å². The number of rotatable bonds is 6. The Morgan fingerprint density at radius 1 is 1.33 bits per heavy atom. The largest absolute Gasteiger partial charge is 0.394 e. The number of nitrogens with one attached hydrogen (secondary N) is 1. The third-order valence-corrected chi connectivity index (χ3v) is 4.19. The van der Waals surface area contributed by atoms with Crippen molar-refractivity contribution >= 4 is 0 Å². The van der Waals surface area contributed by atoms with Crippen molar-refractivity contribution in [3.63, 3.8) is 0 Å². The summed E-state index contributed by atoms with van der Waals surface area (Å²) in [6, 6.07) is 0.584. The molecule has 0 aromatic rings. The van der Waals surface area contributed by atoms with E-state index in [1.807, 2.05) is 0 Å². The van der Waals surface area contributed by atoms with Crippen molar-refractivity contribution in [3.8, 4) is 0 Å². The number of hydrogen-bond acceptors (Lipinski definition) is 2. The molecule has 2 saturated carbocycles. The van der Waals surface area contributed by atoms with Gasteiger partial charge in [-0.25, -0.2) is 0 Å². The molecule has 0 aromatic heterocycles. The zero-order chi connectivity index (χ0) is 10.7. The highest BCUT2D eigenvalue weighted by Gasteiger charge is 2.42. The summed E-state index contributed by atoms with van der Waals surface area (Å²) in [5.74, 6) is 0.999. The van der Waals surface area contributed by atoms with Crippen LogP contribution < -0.4 is 5.32 Å². The summed E-state index contributed by atoms with van der Waals surface area (Å²) in [5.41, 5.74) is 0.120. The van der Waals surface area contributed by atoms with Gasteiger partial charge in [0.05, 0.1) is 6.61 Å². The molecule has 0 saturated heterocycles. The third kappa shape index (κ3) is 3.18. The fourth-order valence-corrected chi connectivity index (χ4v) is 2.88. The molecule has 0 spiro atoms. The Kier molecular flexibility index (Phi) is 3.68. The number of aliphatic hydroxyl groups excluding tert-OH is 1. The van der Waals surface area contributed by atoms with E-state index in [9.17, 15) is 5.11 Å². The van der Waals surface area contributed by atoms with Gasteiger partial charge in [-0.3, -0.25) is 0 Å². The Hall–Kier alpha value is -0.0800. The fourth-order valence-electron chi connectivity index (χ4n) is 2.88. The van der Waals surface area contributed by atoms with Crippen molar-refractivity contribution < 1.29 is 5.11 Å². The molecule has 2 aliphatic carbocycles. The number of hydrogen-bond donors (Lipinski definition) is 2. The first-order chi connectivity index (χ1) is 7.24. The van der Waals surface area contributed by atoms with Crippen LogP contribution in [0.2, 0.25) is 0 Å². The highest BCUT2D eigenvalue weighted by molar-refractivity contribution is 5.02. The lowest BCUT2D eigenvalue weighted by molar-refractivity contribution is 0.216. The maximum absolute atomic E-state index is 9.22. The molecule has 15 heavy (non-hydrogen) atoms. The van der Waals surface area contributed by atoms with Gasteiger partial charge in [-0.15, -0.1) is 0 Å². The first-order valence-electron chi connectivity index (χ1n) is 6.63. The van der Waals surface area contributed by atoms with Gasteiger partial charge in [0, 0.05) is 11.6 Å². The molecule has 0 aliphatic heterocycles. The highest BCUT2D eigenvalue weighted by atomic mass is 16.3. The number of aliphatic hydroxyl groups is 1. The molecule has 0 radical (unpaired) electrons. The van der Waals surface area contributed by atoms with Crippen LogP contribution in [0.4, 0.5) is 0 Å². The highest BCUT2D eigenvalue weighted by Crippen LogP contribution is 2.36. The maximum Gasteiger partial charge on any atom is 0.0613 e. The molecule has 1 atom stereocenters. The quantitative estimate of drug-likeness (QED) is 0.707. The topological polar surface area (TPSA) is 32.3 Å². The lowest BCUT2D eigenvalue weighted by Crippen LogP contribution is -2.41. The molecule has 0 amide bonds. The lowest BCUT2D eigenvalue weighted by Gasteiger charge is -2.22. The van der Waals surface area contributed by atoms with Crippen LogP contribution in [0.1, 0.15) is 58.3 Å². The Morgan fingerprint density at radius 2 is 2.00 bits per heavy atom. The van der Waals surface area contributed by atoms with Crippen LogP contribution in [0.5, 0.6) is 0 Å². The summed E-state index contributed by atoms with van der Waals surface area (Å²) < 4.78 is 0. The molecular weight excluding hydrogens is 186 g/mol. The van der Waals surface area contributed by atoms with Crippen molar-refractivity contribution in [3.05, 3.63) is 0 Å². The third-order valence-electron chi connectivity index (χ3n) is 4.19. The standard InChI is InChI=1S/C13H25NO/c1-11(14-13(10-15)8-9-13)6-7-12-4-2-3-5-12/h11-12,14-15H,2-10H2,1H3. The normalized spacial score (nSPS) is 26.8. The first-order valence-corrected chi connectivity index (χ1v) is 6.63. The second-order valence-electron chi connectivity index (χ2n) is 5.71. The van der Waals surface area contributed by atoms with E-state index in [0.717, 1.165) is 18.8 Å². The molecule has 0 bridgehead atoms. The van der Waals surface area contributed by atoms with Gasteiger partial charge in [-0.05, 0) is 38.5 Å². The molecule has 88 valence electrons. The van der Waals surface area contributed by atoms with Crippen molar-refractivity contribution in [1.29, 1.82) is 0 Å². The molecule has 2 nitrogen and oxygen atoms in total. The molecule has 2 aliphatic rings. The smallest absolute Gasteiger partial charge is 0.0613 e.